The van der Waals surface area contributed by atoms with Crippen LogP contribution in [-0.4, -0.2) is 33.5 Å². The van der Waals surface area contributed by atoms with Crippen LogP contribution < -0.4 is 15.4 Å². The number of nitrogens with zero attached hydrogens (tertiary/aromatic N) is 1. The van der Waals surface area contributed by atoms with Crippen LogP contribution in [0.2, 0.25) is 0 Å². The zero-order chi connectivity index (χ0) is 20.8. The van der Waals surface area contributed by atoms with Crippen LogP contribution in [0, 0.1) is 0 Å². The van der Waals surface area contributed by atoms with Crippen LogP contribution in [0.4, 0.5) is 0 Å². The number of rotatable bonds is 7. The van der Waals surface area contributed by atoms with Crippen molar-refractivity contribution in [3.05, 3.63) is 52.2 Å². The first-order valence-electron chi connectivity index (χ1n) is 9.21. The topological polar surface area (TPSA) is 82.6 Å². The molecule has 0 aliphatic rings. The van der Waals surface area contributed by atoms with E-state index in [2.05, 4.69) is 44.1 Å². The smallest absolute Gasteiger partial charge is 0.241 e. The minimum absolute atomic E-state index is 0.277. The van der Waals surface area contributed by atoms with Gasteiger partial charge >= 0.3 is 0 Å². The first-order valence-corrected chi connectivity index (χ1v) is 11.6. The van der Waals surface area contributed by atoms with E-state index in [-0.39, 0.29) is 4.90 Å². The lowest BCUT2D eigenvalue weighted by Crippen LogP contribution is -2.41. The van der Waals surface area contributed by atoms with Gasteiger partial charge in [0.25, 0.3) is 0 Å². The normalized spacial score (nSPS) is 14.0. The quantitative estimate of drug-likeness (QED) is 0.472. The molecule has 28 heavy (non-hydrogen) atoms. The molecule has 2 aromatic rings. The van der Waals surface area contributed by atoms with Crippen molar-refractivity contribution < 1.29 is 8.42 Å². The Hall–Kier alpha value is -1.90. The summed E-state index contributed by atoms with van der Waals surface area (Å²) in [4.78, 5) is 4.52. The Morgan fingerprint density at radius 3 is 2.50 bits per heavy atom. The molecule has 1 unspecified atom stereocenters. The van der Waals surface area contributed by atoms with Crippen LogP contribution in [-0.2, 0) is 16.6 Å². The maximum Gasteiger partial charge on any atom is 0.241 e. The molecule has 1 heterocycles. The predicted octanol–water partition coefficient (Wildman–Crippen LogP) is 3.29. The Kier molecular flexibility index (Phi) is 7.63. The Morgan fingerprint density at radius 2 is 1.89 bits per heavy atom. The van der Waals surface area contributed by atoms with Gasteiger partial charge in [-0.15, -0.1) is 0 Å². The van der Waals surface area contributed by atoms with Gasteiger partial charge in [-0.05, 0) is 60.7 Å². The van der Waals surface area contributed by atoms with E-state index in [1.807, 2.05) is 32.9 Å². The van der Waals surface area contributed by atoms with Crippen molar-refractivity contribution in [2.75, 3.05) is 13.6 Å². The van der Waals surface area contributed by atoms with Crippen molar-refractivity contribution >= 4 is 27.3 Å². The average molecular weight is 423 g/mol. The van der Waals surface area contributed by atoms with Gasteiger partial charge in [-0.2, -0.15) is 11.3 Å². The van der Waals surface area contributed by atoms with Gasteiger partial charge < -0.3 is 10.6 Å². The molecule has 1 atom stereocenters. The van der Waals surface area contributed by atoms with Crippen molar-refractivity contribution in [3.8, 4) is 0 Å². The lowest BCUT2D eigenvalue weighted by molar-refractivity contribution is 0.491. The Bertz CT molecular complexity index is 885. The van der Waals surface area contributed by atoms with Crippen molar-refractivity contribution in [1.82, 2.24) is 15.4 Å². The molecule has 0 saturated heterocycles. The summed E-state index contributed by atoms with van der Waals surface area (Å²) in [6.07, 6.45) is 0. The highest BCUT2D eigenvalue weighted by Crippen LogP contribution is 2.18. The maximum absolute atomic E-state index is 12.7. The molecule has 0 spiro atoms. The van der Waals surface area contributed by atoms with Gasteiger partial charge in [0.15, 0.2) is 5.96 Å². The second-order valence-corrected chi connectivity index (χ2v) is 10.2. The molecule has 3 N–H and O–H groups in total. The molecule has 0 aliphatic heterocycles. The maximum atomic E-state index is 12.7. The molecule has 0 amide bonds. The average Bonchev–Trinajstić information content (AvgIpc) is 3.14. The van der Waals surface area contributed by atoms with E-state index in [1.54, 1.807) is 30.5 Å². The lowest BCUT2D eigenvalue weighted by atomic mass is 10.1. The lowest BCUT2D eigenvalue weighted by Gasteiger charge is -2.22. The van der Waals surface area contributed by atoms with Gasteiger partial charge in [-0.1, -0.05) is 25.1 Å². The number of thiophene rings is 1. The third-order valence-corrected chi connectivity index (χ3v) is 6.62. The largest absolute Gasteiger partial charge is 0.356 e. The number of aliphatic imine (C=N–C) groups is 1. The zero-order valence-corrected chi connectivity index (χ0v) is 18.7. The summed E-state index contributed by atoms with van der Waals surface area (Å²) in [6, 6.07) is 9.13. The summed E-state index contributed by atoms with van der Waals surface area (Å²) in [6.45, 7) is 8.72. The highest BCUT2D eigenvalue weighted by Gasteiger charge is 2.24. The van der Waals surface area contributed by atoms with E-state index in [9.17, 15) is 8.42 Å². The van der Waals surface area contributed by atoms with Crippen molar-refractivity contribution in [2.24, 2.45) is 4.99 Å². The molecular weight excluding hydrogens is 392 g/mol. The van der Waals surface area contributed by atoms with Crippen LogP contribution in [0.3, 0.4) is 0 Å². The SMILES string of the molecule is CN=C(NCc1ccccc1S(=O)(=O)NC(C)(C)C)NCC(C)c1ccsc1. The van der Waals surface area contributed by atoms with Gasteiger partial charge in [0.05, 0.1) is 4.90 Å². The molecule has 0 saturated carbocycles. The molecule has 0 aliphatic carbocycles. The third-order valence-electron chi connectivity index (χ3n) is 4.06. The van der Waals surface area contributed by atoms with E-state index < -0.39 is 15.6 Å². The highest BCUT2D eigenvalue weighted by atomic mass is 32.2. The third kappa shape index (κ3) is 6.61. The number of hydrogen-bond acceptors (Lipinski definition) is 4. The van der Waals surface area contributed by atoms with E-state index in [0.717, 1.165) is 6.54 Å². The van der Waals surface area contributed by atoms with E-state index in [4.69, 9.17) is 0 Å². The Balaban J connectivity index is 2.03. The first kappa shape index (κ1) is 22.4. The predicted molar refractivity (Wildman–Crippen MR) is 117 cm³/mol. The molecule has 0 fully saturated rings. The molecular formula is C20H30N4O2S2. The minimum atomic E-state index is -3.61. The van der Waals surface area contributed by atoms with Crippen molar-refractivity contribution in [3.63, 3.8) is 0 Å². The molecule has 1 aromatic carbocycles. The summed E-state index contributed by atoms with van der Waals surface area (Å²) in [7, 11) is -1.90. The van der Waals surface area contributed by atoms with Gasteiger partial charge in [0.2, 0.25) is 10.0 Å². The van der Waals surface area contributed by atoms with Crippen LogP contribution in [0.15, 0.2) is 51.0 Å². The fourth-order valence-electron chi connectivity index (χ4n) is 2.69. The van der Waals surface area contributed by atoms with Crippen LogP contribution >= 0.6 is 11.3 Å². The Morgan fingerprint density at radius 1 is 1.18 bits per heavy atom. The van der Waals surface area contributed by atoms with E-state index in [0.29, 0.717) is 24.0 Å². The molecule has 0 radical (unpaired) electrons. The number of guanidine groups is 1. The highest BCUT2D eigenvalue weighted by molar-refractivity contribution is 7.89. The van der Waals surface area contributed by atoms with Crippen LogP contribution in [0.1, 0.15) is 44.7 Å². The summed E-state index contributed by atoms with van der Waals surface area (Å²) in [5, 5.41) is 10.7. The van der Waals surface area contributed by atoms with Gasteiger partial charge in [0.1, 0.15) is 0 Å². The van der Waals surface area contributed by atoms with Gasteiger partial charge in [-0.25, -0.2) is 13.1 Å². The van der Waals surface area contributed by atoms with Gasteiger partial charge in [-0.3, -0.25) is 4.99 Å². The second kappa shape index (κ2) is 9.54. The summed E-state index contributed by atoms with van der Waals surface area (Å²) in [5.41, 5.74) is 1.43. The number of nitrogens with one attached hydrogen (secondary N) is 3. The number of sulfonamides is 1. The fraction of sp³-hybridized carbons (Fsp3) is 0.450. The molecule has 0 bridgehead atoms. The van der Waals surface area contributed by atoms with Crippen LogP contribution in [0.5, 0.6) is 0 Å². The molecule has 154 valence electrons. The number of hydrogen-bond donors (Lipinski definition) is 3. The second-order valence-electron chi connectivity index (χ2n) is 7.73. The molecule has 6 nitrogen and oxygen atoms in total. The first-order chi connectivity index (χ1) is 13.1. The summed E-state index contributed by atoms with van der Waals surface area (Å²) in [5.74, 6) is 0.992. The standard InChI is InChI=1S/C20H30N4O2S2/c1-15(17-10-11-27-14-17)12-22-19(21-5)23-13-16-8-6-7-9-18(16)28(25,26)24-20(2,3)4/h6-11,14-15,24H,12-13H2,1-5H3,(H2,21,22,23). The van der Waals surface area contributed by atoms with Crippen molar-refractivity contribution in [1.29, 1.82) is 0 Å². The zero-order valence-electron chi connectivity index (χ0n) is 17.1. The van der Waals surface area contributed by atoms with Crippen LogP contribution in [0.25, 0.3) is 0 Å². The minimum Gasteiger partial charge on any atom is -0.356 e. The van der Waals surface area contributed by atoms with E-state index >= 15 is 0 Å². The van der Waals surface area contributed by atoms with Crippen molar-refractivity contribution in [2.45, 2.75) is 50.6 Å². The summed E-state index contributed by atoms with van der Waals surface area (Å²) < 4.78 is 28.2. The molecule has 1 aromatic heterocycles. The monoisotopic (exact) mass is 422 g/mol. The Labute approximate surface area is 172 Å². The van der Waals surface area contributed by atoms with E-state index in [1.165, 1.54) is 5.56 Å². The number of benzene rings is 1. The van der Waals surface area contributed by atoms with Gasteiger partial charge in [0, 0.05) is 25.7 Å². The summed E-state index contributed by atoms with van der Waals surface area (Å²) >= 11 is 1.69. The molecule has 2 rings (SSSR count). The fourth-order valence-corrected chi connectivity index (χ4v) is 5.13. The molecule has 8 heteroatoms.